The highest BCUT2D eigenvalue weighted by Gasteiger charge is 2.15. The van der Waals surface area contributed by atoms with Gasteiger partial charge in [0.1, 0.15) is 5.82 Å². The maximum Gasteiger partial charge on any atom is 0.191 e. The van der Waals surface area contributed by atoms with E-state index in [0.29, 0.717) is 13.2 Å². The van der Waals surface area contributed by atoms with Crippen molar-refractivity contribution >= 4 is 5.96 Å². The molecule has 0 saturated carbocycles. The van der Waals surface area contributed by atoms with Crippen LogP contribution in [0.5, 0.6) is 0 Å². The number of rotatable bonds is 8. The summed E-state index contributed by atoms with van der Waals surface area (Å²) in [5.74, 6) is 0.511. The number of methoxy groups -OCH3 is 1. The second-order valence-corrected chi connectivity index (χ2v) is 5.75. The maximum atomic E-state index is 13.5. The zero-order valence-electron chi connectivity index (χ0n) is 14.8. The average Bonchev–Trinajstić information content (AvgIpc) is 2.47. The van der Waals surface area contributed by atoms with Gasteiger partial charge in [0.25, 0.3) is 0 Å². The molecule has 2 atom stereocenters. The van der Waals surface area contributed by atoms with Crippen molar-refractivity contribution in [3.05, 3.63) is 35.6 Å². The second-order valence-electron chi connectivity index (χ2n) is 5.75. The van der Waals surface area contributed by atoms with Gasteiger partial charge in [-0.3, -0.25) is 4.99 Å². The second kappa shape index (κ2) is 10.2. The fourth-order valence-electron chi connectivity index (χ4n) is 2.30. The van der Waals surface area contributed by atoms with E-state index >= 15 is 0 Å². The van der Waals surface area contributed by atoms with E-state index in [9.17, 15) is 4.39 Å². The molecule has 5 nitrogen and oxygen atoms in total. The molecular formula is C17H29FN4O. The summed E-state index contributed by atoms with van der Waals surface area (Å²) in [7, 11) is 5.62. The first-order valence-corrected chi connectivity index (χ1v) is 7.93. The molecule has 0 aromatic heterocycles. The largest absolute Gasteiger partial charge is 0.383 e. The lowest BCUT2D eigenvalue weighted by molar-refractivity contribution is 0.179. The van der Waals surface area contributed by atoms with Crippen LogP contribution in [-0.4, -0.2) is 57.8 Å². The first-order chi connectivity index (χ1) is 11.0. The average molecular weight is 324 g/mol. The summed E-state index contributed by atoms with van der Waals surface area (Å²) >= 11 is 0. The summed E-state index contributed by atoms with van der Waals surface area (Å²) in [6, 6.07) is 6.85. The van der Waals surface area contributed by atoms with Gasteiger partial charge in [-0.05, 0) is 45.6 Å². The topological polar surface area (TPSA) is 48.9 Å². The summed E-state index contributed by atoms with van der Waals surface area (Å²) in [4.78, 5) is 6.68. The smallest absolute Gasteiger partial charge is 0.191 e. The number of aliphatic imine (C=N–C) groups is 1. The number of likely N-dealkylation sites (N-methyl/N-ethyl adjacent to an activating group) is 1. The van der Waals surface area contributed by atoms with Crippen molar-refractivity contribution in [1.82, 2.24) is 15.5 Å². The van der Waals surface area contributed by atoms with E-state index in [0.717, 1.165) is 18.1 Å². The molecule has 2 N–H and O–H groups in total. The van der Waals surface area contributed by atoms with Gasteiger partial charge < -0.3 is 20.3 Å². The van der Waals surface area contributed by atoms with E-state index in [1.807, 2.05) is 38.9 Å². The standard InChI is InChI=1S/C17H29FN4O/c1-6-19-17(21-13(2)12-23-5)20-11-16(22(3)4)14-8-7-9-15(18)10-14/h7-10,13,16H,6,11-12H2,1-5H3,(H2,19,20,21). The summed E-state index contributed by atoms with van der Waals surface area (Å²) < 4.78 is 18.6. The number of halogens is 1. The Morgan fingerprint density at radius 2 is 2.13 bits per heavy atom. The molecule has 0 aliphatic carbocycles. The molecular weight excluding hydrogens is 295 g/mol. The number of nitrogens with one attached hydrogen (secondary N) is 2. The number of hydrogen-bond donors (Lipinski definition) is 2. The molecule has 1 aromatic carbocycles. The molecule has 130 valence electrons. The van der Waals surface area contributed by atoms with E-state index < -0.39 is 0 Å². The molecule has 0 spiro atoms. The fraction of sp³-hybridized carbons (Fsp3) is 0.588. The highest BCUT2D eigenvalue weighted by Crippen LogP contribution is 2.19. The number of hydrogen-bond acceptors (Lipinski definition) is 3. The normalized spacial score (nSPS) is 14.7. The number of nitrogens with zero attached hydrogens (tertiary/aromatic N) is 2. The number of ether oxygens (including phenoxy) is 1. The van der Waals surface area contributed by atoms with E-state index in [1.54, 1.807) is 19.2 Å². The predicted octanol–water partition coefficient (Wildman–Crippen LogP) is 2.02. The van der Waals surface area contributed by atoms with Crippen LogP contribution in [0.4, 0.5) is 4.39 Å². The van der Waals surface area contributed by atoms with Crippen LogP contribution in [0.1, 0.15) is 25.5 Å². The zero-order valence-corrected chi connectivity index (χ0v) is 14.8. The first-order valence-electron chi connectivity index (χ1n) is 7.93. The van der Waals surface area contributed by atoms with Gasteiger partial charge in [-0.1, -0.05) is 12.1 Å². The molecule has 2 unspecified atom stereocenters. The van der Waals surface area contributed by atoms with Crippen molar-refractivity contribution in [2.75, 3.05) is 40.9 Å². The Kier molecular flexibility index (Phi) is 8.58. The third kappa shape index (κ3) is 6.97. The van der Waals surface area contributed by atoms with Gasteiger partial charge >= 0.3 is 0 Å². The van der Waals surface area contributed by atoms with Crippen LogP contribution >= 0.6 is 0 Å². The molecule has 0 heterocycles. The van der Waals surface area contributed by atoms with Crippen LogP contribution in [0.15, 0.2) is 29.3 Å². The zero-order chi connectivity index (χ0) is 17.2. The van der Waals surface area contributed by atoms with Crippen molar-refractivity contribution in [2.45, 2.75) is 25.9 Å². The van der Waals surface area contributed by atoms with Gasteiger partial charge in [-0.15, -0.1) is 0 Å². The molecule has 0 amide bonds. The molecule has 0 saturated heterocycles. The molecule has 6 heteroatoms. The Labute approximate surface area is 138 Å². The monoisotopic (exact) mass is 324 g/mol. The number of guanidine groups is 1. The number of benzene rings is 1. The van der Waals surface area contributed by atoms with Crippen molar-refractivity contribution in [3.8, 4) is 0 Å². The lowest BCUT2D eigenvalue weighted by atomic mass is 10.1. The van der Waals surface area contributed by atoms with Crippen LogP contribution in [-0.2, 0) is 4.74 Å². The van der Waals surface area contributed by atoms with E-state index in [2.05, 4.69) is 15.6 Å². The molecule has 1 aromatic rings. The van der Waals surface area contributed by atoms with Gasteiger partial charge in [0.2, 0.25) is 0 Å². The van der Waals surface area contributed by atoms with Crippen molar-refractivity contribution in [1.29, 1.82) is 0 Å². The lowest BCUT2D eigenvalue weighted by Crippen LogP contribution is -2.44. The van der Waals surface area contributed by atoms with Gasteiger partial charge in [0, 0.05) is 19.7 Å². The van der Waals surface area contributed by atoms with E-state index in [1.165, 1.54) is 6.07 Å². The van der Waals surface area contributed by atoms with Crippen molar-refractivity contribution in [3.63, 3.8) is 0 Å². The van der Waals surface area contributed by atoms with Crippen molar-refractivity contribution in [2.24, 2.45) is 4.99 Å². The van der Waals surface area contributed by atoms with Crippen LogP contribution in [0.3, 0.4) is 0 Å². The third-order valence-electron chi connectivity index (χ3n) is 3.42. The Morgan fingerprint density at radius 1 is 1.39 bits per heavy atom. The van der Waals surface area contributed by atoms with E-state index in [-0.39, 0.29) is 17.9 Å². The Balaban J connectivity index is 2.83. The Hall–Kier alpha value is -1.66. The minimum absolute atomic E-state index is 0.0129. The Bertz CT molecular complexity index is 493. The molecule has 0 aliphatic heterocycles. The quantitative estimate of drug-likeness (QED) is 0.567. The van der Waals surface area contributed by atoms with Gasteiger partial charge in [-0.2, -0.15) is 0 Å². The first kappa shape index (κ1) is 19.4. The highest BCUT2D eigenvalue weighted by atomic mass is 19.1. The van der Waals surface area contributed by atoms with Crippen LogP contribution in [0.25, 0.3) is 0 Å². The predicted molar refractivity (Wildman–Crippen MR) is 93.3 cm³/mol. The minimum Gasteiger partial charge on any atom is -0.383 e. The molecule has 23 heavy (non-hydrogen) atoms. The van der Waals surface area contributed by atoms with E-state index in [4.69, 9.17) is 4.74 Å². The van der Waals surface area contributed by atoms with Crippen LogP contribution in [0.2, 0.25) is 0 Å². The minimum atomic E-state index is -0.225. The lowest BCUT2D eigenvalue weighted by Gasteiger charge is -2.24. The van der Waals surface area contributed by atoms with Gasteiger partial charge in [-0.25, -0.2) is 4.39 Å². The third-order valence-corrected chi connectivity index (χ3v) is 3.42. The van der Waals surface area contributed by atoms with Crippen LogP contribution in [0, 0.1) is 5.82 Å². The Morgan fingerprint density at radius 3 is 2.70 bits per heavy atom. The maximum absolute atomic E-state index is 13.5. The molecule has 0 aliphatic rings. The molecule has 0 radical (unpaired) electrons. The summed E-state index contributed by atoms with van der Waals surface area (Å²) in [5.41, 5.74) is 0.916. The summed E-state index contributed by atoms with van der Waals surface area (Å²) in [6.45, 7) is 5.97. The molecule has 0 bridgehead atoms. The summed E-state index contributed by atoms with van der Waals surface area (Å²) in [5, 5.41) is 6.52. The fourth-order valence-corrected chi connectivity index (χ4v) is 2.30. The van der Waals surface area contributed by atoms with Gasteiger partial charge in [0.15, 0.2) is 5.96 Å². The summed E-state index contributed by atoms with van der Waals surface area (Å²) in [6.07, 6.45) is 0. The van der Waals surface area contributed by atoms with Gasteiger partial charge in [0.05, 0.1) is 19.2 Å². The van der Waals surface area contributed by atoms with Crippen LogP contribution < -0.4 is 10.6 Å². The SMILES string of the molecule is CCNC(=NCC(c1cccc(F)c1)N(C)C)NC(C)COC. The highest BCUT2D eigenvalue weighted by molar-refractivity contribution is 5.80. The molecule has 0 fully saturated rings. The van der Waals surface area contributed by atoms with Crippen molar-refractivity contribution < 1.29 is 9.13 Å². The molecule has 1 rings (SSSR count).